The monoisotopic (exact) mass is 552 g/mol. The van der Waals surface area contributed by atoms with Crippen LogP contribution in [0.4, 0.5) is 0 Å². The minimum Gasteiger partial charge on any atom is -0.307 e. The molecule has 0 saturated heterocycles. The molecule has 4 heteroatoms. The summed E-state index contributed by atoms with van der Waals surface area (Å²) >= 11 is 0. The maximum absolute atomic E-state index is 14.7. The first-order valence-corrected chi connectivity index (χ1v) is 15.8. The van der Waals surface area contributed by atoms with E-state index in [1.165, 1.54) is 17.6 Å². The van der Waals surface area contributed by atoms with Gasteiger partial charge in [0.15, 0.2) is 11.6 Å². The maximum Gasteiger partial charge on any atom is 0.226 e. The first kappa shape index (κ1) is 28.6. The highest BCUT2D eigenvalue weighted by Crippen LogP contribution is 2.73. The molecule has 41 heavy (non-hydrogen) atoms. The van der Waals surface area contributed by atoms with Crippen LogP contribution in [0.1, 0.15) is 99.0 Å². The van der Waals surface area contributed by atoms with E-state index in [0.717, 1.165) is 45.1 Å². The molecular weight excluding hydrogens is 504 g/mol. The molecule has 5 aliphatic carbocycles. The van der Waals surface area contributed by atoms with E-state index in [0.29, 0.717) is 0 Å². The normalized spacial score (nSPS) is 42.4. The quantitative estimate of drug-likeness (QED) is 0.386. The van der Waals surface area contributed by atoms with Gasteiger partial charge in [-0.15, -0.1) is 0 Å². The van der Waals surface area contributed by atoms with Gasteiger partial charge in [-0.05, 0) is 84.7 Å². The molecule has 0 amide bonds. The van der Waals surface area contributed by atoms with Crippen molar-refractivity contribution in [2.45, 2.75) is 105 Å². The Bertz CT molecular complexity index is 1400. The van der Waals surface area contributed by atoms with E-state index < -0.39 is 10.8 Å². The van der Waals surface area contributed by atoms with Crippen molar-refractivity contribution in [2.75, 3.05) is 0 Å². The molecule has 4 nitrogen and oxygen atoms in total. The molecule has 0 spiro atoms. The van der Waals surface area contributed by atoms with Crippen LogP contribution < -0.4 is 5.32 Å². The second-order valence-electron chi connectivity index (χ2n) is 16.2. The number of allylic oxidation sites excluding steroid dienone is 4. The number of hydrogen-bond donors (Lipinski definition) is 1. The SMILES string of the molecule is [C-]#[N+]C1=C[C@]2(C)C3=CC(=O)[C@@H]4[C@@H]5CC(C)(C)CC[C@]5(NCc5ccccc5)CC[C@@]4(C)[C@]3(C)CC[C@H]2C(C)(C)C1=O. The molecule has 0 radical (unpaired) electrons. The standard InChI is InChI=1S/C37H48N2O2/c1-32(2)16-18-37(39-23-24-12-10-9-11-13-24)19-17-36(7)30(25(37)21-32)27(40)20-29-34(5)22-26(38-8)31(41)33(3,4)28(34)14-15-35(29,36)6/h9-13,20,22,25,28,30,39H,14-19,21,23H2,1-7H3/t25-,28-,30-,34-,35+,36+,37-/m0/s1. The molecule has 3 fully saturated rings. The maximum atomic E-state index is 14.7. The summed E-state index contributed by atoms with van der Waals surface area (Å²) in [7, 11) is 0. The van der Waals surface area contributed by atoms with Crippen LogP contribution in [0, 0.1) is 51.4 Å². The summed E-state index contributed by atoms with van der Waals surface area (Å²) in [5.74, 6) is 0.573. The van der Waals surface area contributed by atoms with Crippen LogP contribution in [0.2, 0.25) is 0 Å². The van der Waals surface area contributed by atoms with E-state index in [1.807, 2.05) is 26.0 Å². The van der Waals surface area contributed by atoms with Gasteiger partial charge in [0.25, 0.3) is 0 Å². The van der Waals surface area contributed by atoms with E-state index in [2.05, 4.69) is 75.1 Å². The molecule has 3 saturated carbocycles. The van der Waals surface area contributed by atoms with E-state index >= 15 is 0 Å². The van der Waals surface area contributed by atoms with Gasteiger partial charge in [0.1, 0.15) is 0 Å². The smallest absolute Gasteiger partial charge is 0.226 e. The van der Waals surface area contributed by atoms with E-state index in [4.69, 9.17) is 6.57 Å². The lowest BCUT2D eigenvalue weighted by atomic mass is 9.35. The van der Waals surface area contributed by atoms with Crippen molar-refractivity contribution < 1.29 is 9.59 Å². The fraction of sp³-hybridized carbons (Fsp3) is 0.649. The second-order valence-corrected chi connectivity index (χ2v) is 16.2. The Morgan fingerprint density at radius 3 is 2.29 bits per heavy atom. The number of Topliss-reactive ketones (excluding diaryl/α,β-unsaturated/α-hetero) is 1. The van der Waals surface area contributed by atoms with Gasteiger partial charge in [0.2, 0.25) is 5.70 Å². The number of carbonyl (C=O) groups is 2. The molecule has 0 unspecified atom stereocenters. The van der Waals surface area contributed by atoms with Crippen molar-refractivity contribution in [1.29, 1.82) is 0 Å². The summed E-state index contributed by atoms with van der Waals surface area (Å²) in [5.41, 5.74) is 1.47. The highest BCUT2D eigenvalue weighted by Gasteiger charge is 2.69. The van der Waals surface area contributed by atoms with Crippen LogP contribution in [0.5, 0.6) is 0 Å². The van der Waals surface area contributed by atoms with Crippen molar-refractivity contribution in [3.8, 4) is 0 Å². The van der Waals surface area contributed by atoms with Gasteiger partial charge < -0.3 is 10.1 Å². The van der Waals surface area contributed by atoms with Crippen molar-refractivity contribution in [2.24, 2.45) is 44.8 Å². The summed E-state index contributed by atoms with van der Waals surface area (Å²) in [6.45, 7) is 24.5. The van der Waals surface area contributed by atoms with Crippen molar-refractivity contribution in [3.05, 3.63) is 70.7 Å². The van der Waals surface area contributed by atoms with Crippen LogP contribution in [0.3, 0.4) is 0 Å². The number of ketones is 2. The summed E-state index contributed by atoms with van der Waals surface area (Å²) < 4.78 is 0. The minimum absolute atomic E-state index is 0.0319. The molecule has 7 atom stereocenters. The fourth-order valence-electron chi connectivity index (χ4n) is 10.8. The predicted molar refractivity (Wildman–Crippen MR) is 163 cm³/mol. The molecule has 5 aliphatic rings. The van der Waals surface area contributed by atoms with Gasteiger partial charge in [-0.3, -0.25) is 4.79 Å². The summed E-state index contributed by atoms with van der Waals surface area (Å²) in [6, 6.07) is 10.7. The summed E-state index contributed by atoms with van der Waals surface area (Å²) in [6.07, 6.45) is 11.3. The van der Waals surface area contributed by atoms with Gasteiger partial charge in [-0.2, -0.15) is 0 Å². The summed E-state index contributed by atoms with van der Waals surface area (Å²) in [5, 5.41) is 4.08. The summed E-state index contributed by atoms with van der Waals surface area (Å²) in [4.78, 5) is 31.7. The fourth-order valence-corrected chi connectivity index (χ4v) is 10.8. The number of nitrogens with zero attached hydrogens (tertiary/aromatic N) is 1. The Morgan fingerprint density at radius 1 is 0.927 bits per heavy atom. The Kier molecular flexibility index (Phi) is 6.28. The van der Waals surface area contributed by atoms with E-state index in [-0.39, 0.29) is 56.8 Å². The topological polar surface area (TPSA) is 50.5 Å². The van der Waals surface area contributed by atoms with Crippen LogP contribution in [0.15, 0.2) is 53.8 Å². The van der Waals surface area contributed by atoms with Gasteiger partial charge in [0, 0.05) is 28.8 Å². The van der Waals surface area contributed by atoms with Gasteiger partial charge in [-0.25, -0.2) is 4.85 Å². The first-order chi connectivity index (χ1) is 19.1. The Morgan fingerprint density at radius 2 is 1.61 bits per heavy atom. The lowest BCUT2D eigenvalue weighted by molar-refractivity contribution is -0.161. The second kappa shape index (κ2) is 9.00. The van der Waals surface area contributed by atoms with Crippen molar-refractivity contribution in [3.63, 3.8) is 0 Å². The number of hydrogen-bond acceptors (Lipinski definition) is 3. The number of benzene rings is 1. The lowest BCUT2D eigenvalue weighted by Crippen LogP contribution is -2.69. The van der Waals surface area contributed by atoms with Gasteiger partial charge in [-0.1, -0.05) is 90.4 Å². The van der Waals surface area contributed by atoms with Gasteiger partial charge >= 0.3 is 0 Å². The molecule has 0 aliphatic heterocycles. The van der Waals surface area contributed by atoms with Crippen LogP contribution in [-0.4, -0.2) is 17.1 Å². The average Bonchev–Trinajstić information content (AvgIpc) is 2.92. The third-order valence-corrected chi connectivity index (χ3v) is 13.3. The van der Waals surface area contributed by atoms with E-state index in [1.54, 1.807) is 0 Å². The largest absolute Gasteiger partial charge is 0.307 e. The first-order valence-electron chi connectivity index (χ1n) is 15.8. The third-order valence-electron chi connectivity index (χ3n) is 13.3. The highest BCUT2D eigenvalue weighted by molar-refractivity contribution is 6.03. The van der Waals surface area contributed by atoms with Crippen LogP contribution >= 0.6 is 0 Å². The number of carbonyl (C=O) groups excluding carboxylic acids is 2. The molecule has 1 N–H and O–H groups in total. The van der Waals surface area contributed by atoms with Crippen LogP contribution in [-0.2, 0) is 16.1 Å². The molecule has 1 aromatic rings. The number of rotatable bonds is 3. The Balaban J connectivity index is 1.46. The molecule has 0 bridgehead atoms. The average molecular weight is 553 g/mol. The predicted octanol–water partition coefficient (Wildman–Crippen LogP) is 8.10. The molecular formula is C37H48N2O2. The Labute approximate surface area is 247 Å². The van der Waals surface area contributed by atoms with Crippen molar-refractivity contribution in [1.82, 2.24) is 5.32 Å². The third kappa shape index (κ3) is 3.87. The van der Waals surface area contributed by atoms with Crippen LogP contribution in [0.25, 0.3) is 4.85 Å². The van der Waals surface area contributed by atoms with E-state index in [9.17, 15) is 9.59 Å². The zero-order valence-electron chi connectivity index (χ0n) is 26.2. The zero-order chi connectivity index (χ0) is 29.6. The molecule has 218 valence electrons. The minimum atomic E-state index is -0.622. The molecule has 6 rings (SSSR count). The highest BCUT2D eigenvalue weighted by atomic mass is 16.1. The Hall–Kier alpha value is -2.51. The van der Waals surface area contributed by atoms with Gasteiger partial charge in [0.05, 0.1) is 6.57 Å². The lowest BCUT2D eigenvalue weighted by Gasteiger charge is -2.69. The zero-order valence-corrected chi connectivity index (χ0v) is 26.2. The molecule has 0 aromatic heterocycles. The molecule has 1 aromatic carbocycles. The number of nitrogens with one attached hydrogen (secondary N) is 1. The number of fused-ring (bicyclic) bond motifs is 7. The van der Waals surface area contributed by atoms with Crippen molar-refractivity contribution >= 4 is 11.6 Å². The molecule has 0 heterocycles.